The smallest absolute Gasteiger partial charge is 0.360 e. The fourth-order valence-electron chi connectivity index (χ4n) is 1.52. The molecular weight excluding hydrogens is 211 g/mol. The van der Waals surface area contributed by atoms with Gasteiger partial charge in [-0.15, -0.1) is 0 Å². The number of aliphatic hydroxyl groups is 1. The Bertz CT molecular complexity index is 430. The third kappa shape index (κ3) is 1.21. The van der Waals surface area contributed by atoms with Crippen molar-refractivity contribution in [2.24, 2.45) is 0 Å². The second-order valence-electron chi connectivity index (χ2n) is 3.21. The van der Waals surface area contributed by atoms with Gasteiger partial charge in [-0.1, -0.05) is 18.2 Å². The summed E-state index contributed by atoms with van der Waals surface area (Å²) in [6.45, 7) is 0. The van der Waals surface area contributed by atoms with Crippen LogP contribution in [0.1, 0.15) is 15.9 Å². The van der Waals surface area contributed by atoms with E-state index in [9.17, 15) is 23.1 Å². The van der Waals surface area contributed by atoms with Gasteiger partial charge in [-0.05, 0) is 6.07 Å². The maximum Gasteiger partial charge on any atom is 0.441 e. The largest absolute Gasteiger partial charge is 0.441 e. The lowest BCUT2D eigenvalue weighted by Crippen LogP contribution is -2.51. The fourth-order valence-corrected chi connectivity index (χ4v) is 1.52. The molecular formula is C9H6F3NO2. The van der Waals surface area contributed by atoms with Crippen LogP contribution in [-0.2, 0) is 5.72 Å². The number of halogens is 3. The lowest BCUT2D eigenvalue weighted by Gasteiger charge is -2.26. The van der Waals surface area contributed by atoms with E-state index in [1.165, 1.54) is 23.5 Å². The number of alkyl halides is 3. The van der Waals surface area contributed by atoms with Crippen LogP contribution >= 0.6 is 0 Å². The molecule has 1 unspecified atom stereocenters. The van der Waals surface area contributed by atoms with E-state index in [0.717, 1.165) is 6.07 Å². The predicted octanol–water partition coefficient (Wildman–Crippen LogP) is 1.14. The lowest BCUT2D eigenvalue weighted by atomic mass is 10.0. The van der Waals surface area contributed by atoms with Gasteiger partial charge in [0.1, 0.15) is 0 Å². The molecule has 15 heavy (non-hydrogen) atoms. The number of rotatable bonds is 0. The molecule has 0 aliphatic carbocycles. The van der Waals surface area contributed by atoms with Crippen molar-refractivity contribution < 1.29 is 23.1 Å². The zero-order chi connectivity index (χ0) is 11.3. The van der Waals surface area contributed by atoms with E-state index in [1.54, 1.807) is 0 Å². The molecule has 1 atom stereocenters. The molecule has 1 heterocycles. The first-order chi connectivity index (χ1) is 6.86. The van der Waals surface area contributed by atoms with E-state index >= 15 is 0 Å². The summed E-state index contributed by atoms with van der Waals surface area (Å²) in [6, 6.07) is 5.06. The van der Waals surface area contributed by atoms with Gasteiger partial charge in [-0.2, -0.15) is 13.2 Å². The topological polar surface area (TPSA) is 49.3 Å². The van der Waals surface area contributed by atoms with Gasteiger partial charge in [-0.25, -0.2) is 0 Å². The minimum Gasteiger partial charge on any atom is -0.360 e. The maximum atomic E-state index is 12.5. The Labute approximate surface area is 82.5 Å². The van der Waals surface area contributed by atoms with Crippen LogP contribution in [-0.4, -0.2) is 17.2 Å². The summed E-state index contributed by atoms with van der Waals surface area (Å²) < 4.78 is 37.6. The number of hydrogen-bond acceptors (Lipinski definition) is 2. The Morgan fingerprint density at radius 2 is 1.87 bits per heavy atom. The van der Waals surface area contributed by atoms with Gasteiger partial charge in [0.05, 0.1) is 0 Å². The van der Waals surface area contributed by atoms with Gasteiger partial charge < -0.3 is 10.4 Å². The number of amides is 1. The molecule has 0 spiro atoms. The van der Waals surface area contributed by atoms with Crippen molar-refractivity contribution in [2.45, 2.75) is 11.9 Å². The molecule has 0 bridgehead atoms. The molecule has 80 valence electrons. The number of carbonyl (C=O) groups excluding carboxylic acids is 1. The molecule has 1 aromatic carbocycles. The van der Waals surface area contributed by atoms with Gasteiger partial charge in [-0.3, -0.25) is 4.79 Å². The molecule has 1 aliphatic heterocycles. The molecule has 1 amide bonds. The van der Waals surface area contributed by atoms with Crippen LogP contribution in [0.5, 0.6) is 0 Å². The standard InChI is InChI=1S/C9H6F3NO2/c10-9(11,12)8(15)6-4-2-1-3-5(6)7(14)13-8/h1-4,15H,(H,13,14). The third-order valence-corrected chi connectivity index (χ3v) is 2.27. The van der Waals surface area contributed by atoms with Crippen molar-refractivity contribution in [3.05, 3.63) is 35.4 Å². The average Bonchev–Trinajstić information content (AvgIpc) is 2.41. The number of benzene rings is 1. The summed E-state index contributed by atoms with van der Waals surface area (Å²) in [5.41, 5.74) is -3.87. The van der Waals surface area contributed by atoms with Crippen LogP contribution in [0.4, 0.5) is 13.2 Å². The first kappa shape index (κ1) is 9.97. The fraction of sp³-hybridized carbons (Fsp3) is 0.222. The molecule has 1 aliphatic rings. The molecule has 6 heteroatoms. The first-order valence-electron chi connectivity index (χ1n) is 4.07. The van der Waals surface area contributed by atoms with E-state index in [2.05, 4.69) is 0 Å². The van der Waals surface area contributed by atoms with Crippen molar-refractivity contribution in [1.29, 1.82) is 0 Å². The minimum atomic E-state index is -4.94. The molecule has 2 N–H and O–H groups in total. The molecule has 1 aromatic rings. The van der Waals surface area contributed by atoms with Gasteiger partial charge in [0.15, 0.2) is 0 Å². The molecule has 2 rings (SSSR count). The Hall–Kier alpha value is -1.56. The quantitative estimate of drug-likeness (QED) is 0.684. The second-order valence-corrected chi connectivity index (χ2v) is 3.21. The van der Waals surface area contributed by atoms with Crippen molar-refractivity contribution in [3.8, 4) is 0 Å². The average molecular weight is 217 g/mol. The SMILES string of the molecule is O=C1NC(O)(C(F)(F)F)c2ccccc21. The summed E-state index contributed by atoms with van der Waals surface area (Å²) >= 11 is 0. The Morgan fingerprint density at radius 3 is 2.47 bits per heavy atom. The summed E-state index contributed by atoms with van der Waals surface area (Å²) in [5, 5.41) is 10.9. The first-order valence-corrected chi connectivity index (χ1v) is 4.07. The number of nitrogens with one attached hydrogen (secondary N) is 1. The zero-order valence-corrected chi connectivity index (χ0v) is 7.30. The Kier molecular flexibility index (Phi) is 1.81. The highest BCUT2D eigenvalue weighted by Gasteiger charge is 2.60. The Morgan fingerprint density at radius 1 is 1.27 bits per heavy atom. The minimum absolute atomic E-state index is 0.155. The normalized spacial score (nSPS) is 24.9. The van der Waals surface area contributed by atoms with E-state index < -0.39 is 23.4 Å². The van der Waals surface area contributed by atoms with Crippen molar-refractivity contribution in [2.75, 3.05) is 0 Å². The zero-order valence-electron chi connectivity index (χ0n) is 7.30. The lowest BCUT2D eigenvalue weighted by molar-refractivity contribution is -0.272. The van der Waals surface area contributed by atoms with Gasteiger partial charge >= 0.3 is 6.18 Å². The second kappa shape index (κ2) is 2.73. The van der Waals surface area contributed by atoms with Crippen molar-refractivity contribution in [1.82, 2.24) is 5.32 Å². The Balaban J connectivity index is 2.63. The van der Waals surface area contributed by atoms with Crippen LogP contribution in [0.2, 0.25) is 0 Å². The summed E-state index contributed by atoms with van der Waals surface area (Å²) in [6.07, 6.45) is -4.94. The highest BCUT2D eigenvalue weighted by atomic mass is 19.4. The van der Waals surface area contributed by atoms with Crippen LogP contribution in [0.15, 0.2) is 24.3 Å². The van der Waals surface area contributed by atoms with Gasteiger partial charge in [0.2, 0.25) is 0 Å². The summed E-state index contributed by atoms with van der Waals surface area (Å²) in [7, 11) is 0. The van der Waals surface area contributed by atoms with E-state index in [-0.39, 0.29) is 5.56 Å². The van der Waals surface area contributed by atoms with Crippen molar-refractivity contribution >= 4 is 5.91 Å². The van der Waals surface area contributed by atoms with Crippen LogP contribution in [0.25, 0.3) is 0 Å². The monoisotopic (exact) mass is 217 g/mol. The molecule has 0 saturated carbocycles. The summed E-state index contributed by atoms with van der Waals surface area (Å²) in [4.78, 5) is 11.2. The summed E-state index contributed by atoms with van der Waals surface area (Å²) in [5.74, 6) is -0.926. The van der Waals surface area contributed by atoms with Crippen molar-refractivity contribution in [3.63, 3.8) is 0 Å². The molecule has 0 fully saturated rings. The van der Waals surface area contributed by atoms with Gasteiger partial charge in [0, 0.05) is 11.1 Å². The van der Waals surface area contributed by atoms with Crippen LogP contribution < -0.4 is 5.32 Å². The predicted molar refractivity (Wildman–Crippen MR) is 43.9 cm³/mol. The van der Waals surface area contributed by atoms with Crippen LogP contribution in [0, 0.1) is 0 Å². The van der Waals surface area contributed by atoms with Gasteiger partial charge in [0.25, 0.3) is 11.6 Å². The number of hydrogen-bond donors (Lipinski definition) is 2. The van der Waals surface area contributed by atoms with E-state index in [4.69, 9.17) is 0 Å². The molecule has 0 aromatic heterocycles. The maximum absolute atomic E-state index is 12.5. The molecule has 0 saturated heterocycles. The molecule has 3 nitrogen and oxygen atoms in total. The highest BCUT2D eigenvalue weighted by molar-refractivity contribution is 5.99. The molecule has 0 radical (unpaired) electrons. The van der Waals surface area contributed by atoms with Crippen LogP contribution in [0.3, 0.4) is 0 Å². The number of fused-ring (bicyclic) bond motifs is 1. The third-order valence-electron chi connectivity index (χ3n) is 2.27. The highest BCUT2D eigenvalue weighted by Crippen LogP contribution is 2.41. The van der Waals surface area contributed by atoms with E-state index in [1.807, 2.05) is 0 Å². The van der Waals surface area contributed by atoms with E-state index in [0.29, 0.717) is 0 Å². The number of carbonyl (C=O) groups is 1.